The summed E-state index contributed by atoms with van der Waals surface area (Å²) in [6, 6.07) is 3.14. The van der Waals surface area contributed by atoms with E-state index in [-0.39, 0.29) is 11.0 Å². The van der Waals surface area contributed by atoms with Crippen molar-refractivity contribution in [2.75, 3.05) is 13.1 Å². The Morgan fingerprint density at radius 2 is 1.95 bits per heavy atom. The van der Waals surface area contributed by atoms with Gasteiger partial charge in [0.25, 0.3) is 5.91 Å². The first-order valence-electron chi connectivity index (χ1n) is 6.50. The minimum atomic E-state index is -1.01. The SMILES string of the molecule is NCC1(CNC(=O)c2ccc(F)c(F)c2)CCCC1. The minimum absolute atomic E-state index is 0.0335. The van der Waals surface area contributed by atoms with Crippen LogP contribution in [0.1, 0.15) is 36.0 Å². The van der Waals surface area contributed by atoms with Crippen LogP contribution in [0.2, 0.25) is 0 Å². The van der Waals surface area contributed by atoms with E-state index in [2.05, 4.69) is 5.32 Å². The minimum Gasteiger partial charge on any atom is -0.351 e. The molecule has 1 aliphatic carbocycles. The monoisotopic (exact) mass is 268 g/mol. The van der Waals surface area contributed by atoms with Crippen LogP contribution in [-0.2, 0) is 0 Å². The molecule has 0 spiro atoms. The smallest absolute Gasteiger partial charge is 0.251 e. The van der Waals surface area contributed by atoms with Gasteiger partial charge in [-0.3, -0.25) is 4.79 Å². The van der Waals surface area contributed by atoms with Gasteiger partial charge in [0.2, 0.25) is 0 Å². The largest absolute Gasteiger partial charge is 0.351 e. The number of rotatable bonds is 4. The molecule has 0 bridgehead atoms. The van der Waals surface area contributed by atoms with Gasteiger partial charge in [0.15, 0.2) is 11.6 Å². The lowest BCUT2D eigenvalue weighted by Crippen LogP contribution is -2.40. The van der Waals surface area contributed by atoms with Crippen molar-refractivity contribution in [1.82, 2.24) is 5.32 Å². The van der Waals surface area contributed by atoms with Gasteiger partial charge >= 0.3 is 0 Å². The van der Waals surface area contributed by atoms with Gasteiger partial charge < -0.3 is 11.1 Å². The fourth-order valence-electron chi connectivity index (χ4n) is 2.59. The average Bonchev–Trinajstić information content (AvgIpc) is 2.89. The molecule has 0 heterocycles. The Kier molecular flexibility index (Phi) is 4.14. The molecular weight excluding hydrogens is 250 g/mol. The van der Waals surface area contributed by atoms with Gasteiger partial charge in [-0.25, -0.2) is 8.78 Å². The van der Waals surface area contributed by atoms with Gasteiger partial charge in [-0.1, -0.05) is 12.8 Å². The first-order valence-corrected chi connectivity index (χ1v) is 6.50. The predicted octanol–water partition coefficient (Wildman–Crippen LogP) is 2.21. The quantitative estimate of drug-likeness (QED) is 0.879. The molecule has 0 aromatic heterocycles. The van der Waals surface area contributed by atoms with Crippen LogP contribution in [0.4, 0.5) is 8.78 Å². The number of nitrogens with two attached hydrogens (primary N) is 1. The van der Waals surface area contributed by atoms with Crippen LogP contribution in [0.3, 0.4) is 0 Å². The fourth-order valence-corrected chi connectivity index (χ4v) is 2.59. The summed E-state index contributed by atoms with van der Waals surface area (Å²) in [5, 5.41) is 2.77. The van der Waals surface area contributed by atoms with E-state index in [1.165, 1.54) is 6.07 Å². The number of halogens is 2. The van der Waals surface area contributed by atoms with Crippen molar-refractivity contribution in [2.45, 2.75) is 25.7 Å². The Hall–Kier alpha value is -1.49. The molecule has 19 heavy (non-hydrogen) atoms. The van der Waals surface area contributed by atoms with Gasteiger partial charge in [-0.05, 0) is 43.0 Å². The normalized spacial score (nSPS) is 17.4. The molecule has 3 N–H and O–H groups in total. The van der Waals surface area contributed by atoms with Crippen LogP contribution in [0.15, 0.2) is 18.2 Å². The predicted molar refractivity (Wildman–Crippen MR) is 68.6 cm³/mol. The molecule has 0 aliphatic heterocycles. The van der Waals surface area contributed by atoms with E-state index >= 15 is 0 Å². The van der Waals surface area contributed by atoms with Crippen molar-refractivity contribution < 1.29 is 13.6 Å². The second kappa shape index (κ2) is 5.65. The summed E-state index contributed by atoms with van der Waals surface area (Å²) >= 11 is 0. The first-order chi connectivity index (χ1) is 9.06. The highest BCUT2D eigenvalue weighted by Crippen LogP contribution is 2.36. The summed E-state index contributed by atoms with van der Waals surface area (Å²) in [5.41, 5.74) is 5.87. The highest BCUT2D eigenvalue weighted by Gasteiger charge is 2.32. The van der Waals surface area contributed by atoms with E-state index in [1.807, 2.05) is 0 Å². The lowest BCUT2D eigenvalue weighted by atomic mass is 9.86. The lowest BCUT2D eigenvalue weighted by Gasteiger charge is -2.27. The third-order valence-electron chi connectivity index (χ3n) is 3.90. The molecule has 3 nitrogen and oxygen atoms in total. The van der Waals surface area contributed by atoms with Gasteiger partial charge in [0, 0.05) is 12.1 Å². The van der Waals surface area contributed by atoms with Gasteiger partial charge in [-0.15, -0.1) is 0 Å². The van der Waals surface area contributed by atoms with Crippen LogP contribution in [-0.4, -0.2) is 19.0 Å². The van der Waals surface area contributed by atoms with Crippen LogP contribution in [0, 0.1) is 17.0 Å². The number of carbonyl (C=O) groups is 1. The maximum atomic E-state index is 13.0. The molecular formula is C14H18F2N2O. The molecule has 1 aromatic carbocycles. The number of amides is 1. The van der Waals surface area contributed by atoms with Crippen molar-refractivity contribution in [3.8, 4) is 0 Å². The van der Waals surface area contributed by atoms with Gasteiger partial charge in [0.1, 0.15) is 0 Å². The standard InChI is InChI=1S/C14H18F2N2O/c15-11-4-3-10(7-12(11)16)13(19)18-9-14(8-17)5-1-2-6-14/h3-4,7H,1-2,5-6,8-9,17H2,(H,18,19). The van der Waals surface area contributed by atoms with Crippen molar-refractivity contribution in [2.24, 2.45) is 11.1 Å². The molecule has 1 aromatic rings. The molecule has 0 saturated heterocycles. The molecule has 104 valence electrons. The fraction of sp³-hybridized carbons (Fsp3) is 0.500. The third-order valence-corrected chi connectivity index (χ3v) is 3.90. The van der Waals surface area contributed by atoms with E-state index in [9.17, 15) is 13.6 Å². The van der Waals surface area contributed by atoms with Gasteiger partial charge in [-0.2, -0.15) is 0 Å². The molecule has 1 saturated carbocycles. The number of nitrogens with one attached hydrogen (secondary N) is 1. The topological polar surface area (TPSA) is 55.1 Å². The molecule has 5 heteroatoms. The van der Waals surface area contributed by atoms with Crippen LogP contribution >= 0.6 is 0 Å². The Balaban J connectivity index is 1.99. The highest BCUT2D eigenvalue weighted by molar-refractivity contribution is 5.94. The zero-order valence-corrected chi connectivity index (χ0v) is 10.7. The Labute approximate surface area is 111 Å². The lowest BCUT2D eigenvalue weighted by molar-refractivity contribution is 0.0931. The summed E-state index contributed by atoms with van der Waals surface area (Å²) in [6.45, 7) is 1.02. The van der Waals surface area contributed by atoms with Crippen LogP contribution in [0.5, 0.6) is 0 Å². The van der Waals surface area contributed by atoms with E-state index in [4.69, 9.17) is 5.73 Å². The van der Waals surface area contributed by atoms with E-state index < -0.39 is 17.5 Å². The Morgan fingerprint density at radius 1 is 1.26 bits per heavy atom. The molecule has 1 amide bonds. The summed E-state index contributed by atoms with van der Waals surface area (Å²) in [5.74, 6) is -2.36. The number of benzene rings is 1. The third kappa shape index (κ3) is 3.10. The zero-order valence-electron chi connectivity index (χ0n) is 10.7. The van der Waals surface area contributed by atoms with E-state index in [1.54, 1.807) is 0 Å². The molecule has 1 fully saturated rings. The molecule has 0 radical (unpaired) electrons. The second-order valence-electron chi connectivity index (χ2n) is 5.22. The first kappa shape index (κ1) is 13.9. The summed E-state index contributed by atoms with van der Waals surface area (Å²) in [7, 11) is 0. The molecule has 2 rings (SSSR count). The Morgan fingerprint density at radius 3 is 2.53 bits per heavy atom. The summed E-state index contributed by atoms with van der Waals surface area (Å²) < 4.78 is 25.8. The number of hydrogen-bond donors (Lipinski definition) is 2. The zero-order chi connectivity index (χ0) is 13.9. The number of carbonyl (C=O) groups excluding carboxylic acids is 1. The second-order valence-corrected chi connectivity index (χ2v) is 5.22. The summed E-state index contributed by atoms with van der Waals surface area (Å²) in [6.07, 6.45) is 4.25. The van der Waals surface area contributed by atoms with Crippen molar-refractivity contribution in [1.29, 1.82) is 0 Å². The van der Waals surface area contributed by atoms with E-state index in [0.29, 0.717) is 13.1 Å². The van der Waals surface area contributed by atoms with Crippen molar-refractivity contribution >= 4 is 5.91 Å². The number of hydrogen-bond acceptors (Lipinski definition) is 2. The Bertz CT molecular complexity index is 471. The summed E-state index contributed by atoms with van der Waals surface area (Å²) in [4.78, 5) is 11.9. The van der Waals surface area contributed by atoms with E-state index in [0.717, 1.165) is 37.8 Å². The van der Waals surface area contributed by atoms with Crippen LogP contribution in [0.25, 0.3) is 0 Å². The van der Waals surface area contributed by atoms with Crippen molar-refractivity contribution in [3.63, 3.8) is 0 Å². The maximum absolute atomic E-state index is 13.0. The van der Waals surface area contributed by atoms with Crippen LogP contribution < -0.4 is 11.1 Å². The van der Waals surface area contributed by atoms with Crippen molar-refractivity contribution in [3.05, 3.63) is 35.4 Å². The average molecular weight is 268 g/mol. The highest BCUT2D eigenvalue weighted by atomic mass is 19.2. The molecule has 0 atom stereocenters. The van der Waals surface area contributed by atoms with Gasteiger partial charge in [0.05, 0.1) is 0 Å². The molecule has 0 unspecified atom stereocenters. The maximum Gasteiger partial charge on any atom is 0.251 e. The molecule has 1 aliphatic rings.